The summed E-state index contributed by atoms with van der Waals surface area (Å²) in [4.78, 5) is 29.7. The van der Waals surface area contributed by atoms with Crippen LogP contribution in [0.3, 0.4) is 0 Å². The minimum atomic E-state index is 0.0699. The highest BCUT2D eigenvalue weighted by Crippen LogP contribution is 2.26. The summed E-state index contributed by atoms with van der Waals surface area (Å²) in [6.45, 7) is 6.31. The molecule has 0 aliphatic carbocycles. The van der Waals surface area contributed by atoms with Crippen LogP contribution in [-0.4, -0.2) is 76.6 Å². The smallest absolute Gasteiger partial charge is 0.253 e. The van der Waals surface area contributed by atoms with Gasteiger partial charge >= 0.3 is 0 Å². The Kier molecular flexibility index (Phi) is 9.09. The van der Waals surface area contributed by atoms with Gasteiger partial charge < -0.3 is 19.3 Å². The standard InChI is InChI=1S/C36H40N6O/c1-39(35(43)30-15-6-3-7-16-30)27-31(29-13-4-2-5-14-29)20-24-40-22-12-23-41(26-25-40)36-38-33-18-8-9-19-34(33)42(36)28-32-17-10-11-21-37-32/h2-11,13-19,21,31H,12,20,22-28H2,1H3. The summed E-state index contributed by atoms with van der Waals surface area (Å²) in [5.74, 6) is 1.36. The Labute approximate surface area is 254 Å². The first-order valence-electron chi connectivity index (χ1n) is 15.3. The van der Waals surface area contributed by atoms with Gasteiger partial charge in [0.2, 0.25) is 5.95 Å². The van der Waals surface area contributed by atoms with Crippen LogP contribution in [0.15, 0.2) is 109 Å². The summed E-state index contributed by atoms with van der Waals surface area (Å²) in [5, 5.41) is 0. The van der Waals surface area contributed by atoms with Gasteiger partial charge in [-0.25, -0.2) is 4.98 Å². The second-order valence-corrected chi connectivity index (χ2v) is 11.4. The predicted molar refractivity (Wildman–Crippen MR) is 174 cm³/mol. The minimum Gasteiger partial charge on any atom is -0.341 e. The van der Waals surface area contributed by atoms with E-state index in [9.17, 15) is 4.79 Å². The lowest BCUT2D eigenvalue weighted by Gasteiger charge is -2.28. The van der Waals surface area contributed by atoms with Gasteiger partial charge in [-0.15, -0.1) is 0 Å². The highest BCUT2D eigenvalue weighted by atomic mass is 16.2. The van der Waals surface area contributed by atoms with Crippen LogP contribution in [0.25, 0.3) is 11.0 Å². The molecule has 0 N–H and O–H groups in total. The van der Waals surface area contributed by atoms with Crippen molar-refractivity contribution in [1.29, 1.82) is 0 Å². The monoisotopic (exact) mass is 572 g/mol. The van der Waals surface area contributed by atoms with Crippen LogP contribution in [0.2, 0.25) is 0 Å². The number of hydrogen-bond donors (Lipinski definition) is 0. The van der Waals surface area contributed by atoms with Crippen LogP contribution in [-0.2, 0) is 6.54 Å². The summed E-state index contributed by atoms with van der Waals surface area (Å²) in [5.41, 5.74) is 5.22. The highest BCUT2D eigenvalue weighted by molar-refractivity contribution is 5.94. The molecule has 1 amide bonds. The first-order chi connectivity index (χ1) is 21.2. The van der Waals surface area contributed by atoms with Crippen LogP contribution in [0.1, 0.15) is 40.4 Å². The first-order valence-corrected chi connectivity index (χ1v) is 15.3. The maximum absolute atomic E-state index is 13.1. The van der Waals surface area contributed by atoms with Crippen LogP contribution in [0, 0.1) is 0 Å². The molecule has 1 atom stereocenters. The second-order valence-electron chi connectivity index (χ2n) is 11.4. The average molecular weight is 573 g/mol. The van der Waals surface area contributed by atoms with Gasteiger partial charge in [0, 0.05) is 50.9 Å². The van der Waals surface area contributed by atoms with Crippen LogP contribution in [0.4, 0.5) is 5.95 Å². The number of fused-ring (bicyclic) bond motifs is 1. The molecule has 0 bridgehead atoms. The van der Waals surface area contributed by atoms with Crippen molar-refractivity contribution in [1.82, 2.24) is 24.3 Å². The van der Waals surface area contributed by atoms with Crippen molar-refractivity contribution in [3.63, 3.8) is 0 Å². The summed E-state index contributed by atoms with van der Waals surface area (Å²) in [6.07, 6.45) is 3.93. The molecule has 7 nitrogen and oxygen atoms in total. The molecule has 43 heavy (non-hydrogen) atoms. The molecule has 1 aliphatic heterocycles. The highest BCUT2D eigenvalue weighted by Gasteiger charge is 2.23. The molecule has 1 unspecified atom stereocenters. The van der Waals surface area contributed by atoms with E-state index in [1.54, 1.807) is 0 Å². The maximum Gasteiger partial charge on any atom is 0.253 e. The Bertz CT molecular complexity index is 1600. The Morgan fingerprint density at radius 1 is 0.837 bits per heavy atom. The summed E-state index contributed by atoms with van der Waals surface area (Å²) in [6, 6.07) is 34.7. The lowest BCUT2D eigenvalue weighted by Crippen LogP contribution is -2.35. The van der Waals surface area contributed by atoms with E-state index in [-0.39, 0.29) is 11.8 Å². The van der Waals surface area contributed by atoms with Crippen LogP contribution >= 0.6 is 0 Å². The quantitative estimate of drug-likeness (QED) is 0.207. The third-order valence-corrected chi connectivity index (χ3v) is 8.48. The third-order valence-electron chi connectivity index (χ3n) is 8.48. The van der Waals surface area contributed by atoms with Crippen molar-refractivity contribution in [2.75, 3.05) is 51.2 Å². The third kappa shape index (κ3) is 6.95. The number of pyridine rings is 1. The molecule has 1 aliphatic rings. The number of rotatable bonds is 10. The average Bonchev–Trinajstić information content (AvgIpc) is 3.25. The number of likely N-dealkylation sites (N-methyl/N-ethyl adjacent to an activating group) is 1. The lowest BCUT2D eigenvalue weighted by molar-refractivity contribution is 0.0782. The summed E-state index contributed by atoms with van der Waals surface area (Å²) in [7, 11) is 1.92. The number of nitrogens with zero attached hydrogens (tertiary/aromatic N) is 6. The van der Waals surface area contributed by atoms with E-state index >= 15 is 0 Å². The van der Waals surface area contributed by atoms with E-state index < -0.39 is 0 Å². The number of anilines is 1. The molecule has 1 fully saturated rings. The van der Waals surface area contributed by atoms with Crippen molar-refractivity contribution >= 4 is 22.9 Å². The molecule has 7 heteroatoms. The lowest BCUT2D eigenvalue weighted by atomic mass is 9.94. The molecular weight excluding hydrogens is 532 g/mol. The van der Waals surface area contributed by atoms with E-state index in [1.807, 2.05) is 60.6 Å². The molecule has 5 aromatic rings. The fourth-order valence-electron chi connectivity index (χ4n) is 6.15. The number of imidazole rings is 1. The molecule has 220 valence electrons. The van der Waals surface area contributed by atoms with Crippen LogP contribution < -0.4 is 4.90 Å². The van der Waals surface area contributed by atoms with Gasteiger partial charge in [0.05, 0.1) is 23.3 Å². The fourth-order valence-corrected chi connectivity index (χ4v) is 6.15. The number of hydrogen-bond acceptors (Lipinski definition) is 5. The van der Waals surface area contributed by atoms with Crippen molar-refractivity contribution in [2.45, 2.75) is 25.3 Å². The van der Waals surface area contributed by atoms with Crippen molar-refractivity contribution < 1.29 is 4.79 Å². The SMILES string of the molecule is CN(CC(CCN1CCCN(c2nc3ccccc3n2Cc2ccccn2)CC1)c1ccccc1)C(=O)c1ccccc1. The Morgan fingerprint density at radius 2 is 1.58 bits per heavy atom. The number of benzene rings is 3. The summed E-state index contributed by atoms with van der Waals surface area (Å²) >= 11 is 0. The molecule has 3 aromatic carbocycles. The predicted octanol–water partition coefficient (Wildman–Crippen LogP) is 5.94. The van der Waals surface area contributed by atoms with Gasteiger partial charge in [0.25, 0.3) is 5.91 Å². The van der Waals surface area contributed by atoms with Gasteiger partial charge in [-0.05, 0) is 67.9 Å². The number of aromatic nitrogens is 3. The van der Waals surface area contributed by atoms with Gasteiger partial charge in [0.1, 0.15) is 0 Å². The maximum atomic E-state index is 13.1. The Balaban J connectivity index is 1.13. The molecule has 1 saturated heterocycles. The van der Waals surface area contributed by atoms with Gasteiger partial charge in [-0.3, -0.25) is 9.78 Å². The molecule has 6 rings (SSSR count). The topological polar surface area (TPSA) is 57.5 Å². The Hall–Kier alpha value is -4.49. The number of para-hydroxylation sites is 2. The summed E-state index contributed by atoms with van der Waals surface area (Å²) < 4.78 is 2.32. The van der Waals surface area contributed by atoms with E-state index in [4.69, 9.17) is 4.98 Å². The van der Waals surface area contributed by atoms with Crippen LogP contribution in [0.5, 0.6) is 0 Å². The van der Waals surface area contributed by atoms with Crippen molar-refractivity contribution in [3.8, 4) is 0 Å². The molecule has 0 saturated carbocycles. The van der Waals surface area contributed by atoms with E-state index in [2.05, 4.69) is 80.0 Å². The molecule has 3 heterocycles. The van der Waals surface area contributed by atoms with Crippen molar-refractivity contribution in [3.05, 3.63) is 126 Å². The Morgan fingerprint density at radius 3 is 2.37 bits per heavy atom. The number of amides is 1. The fraction of sp³-hybridized carbons (Fsp3) is 0.306. The number of carbonyl (C=O) groups excluding carboxylic acids is 1. The zero-order chi connectivity index (χ0) is 29.4. The van der Waals surface area contributed by atoms with Gasteiger partial charge in [-0.2, -0.15) is 0 Å². The first kappa shape index (κ1) is 28.6. The zero-order valence-electron chi connectivity index (χ0n) is 24.9. The van der Waals surface area contributed by atoms with E-state index in [0.717, 1.165) is 73.8 Å². The molecular formula is C36H40N6O. The molecule has 0 radical (unpaired) electrons. The second kappa shape index (κ2) is 13.7. The zero-order valence-corrected chi connectivity index (χ0v) is 24.9. The largest absolute Gasteiger partial charge is 0.341 e. The number of carbonyl (C=O) groups is 1. The normalized spacial score (nSPS) is 14.9. The van der Waals surface area contributed by atoms with E-state index in [1.165, 1.54) is 5.56 Å². The van der Waals surface area contributed by atoms with Crippen molar-refractivity contribution in [2.24, 2.45) is 0 Å². The van der Waals surface area contributed by atoms with E-state index in [0.29, 0.717) is 13.1 Å². The molecule has 2 aromatic heterocycles. The minimum absolute atomic E-state index is 0.0699. The van der Waals surface area contributed by atoms with Gasteiger partial charge in [0.15, 0.2) is 0 Å². The molecule has 0 spiro atoms. The van der Waals surface area contributed by atoms with Gasteiger partial charge in [-0.1, -0.05) is 66.7 Å².